The quantitative estimate of drug-likeness (QED) is 0.428. The topological polar surface area (TPSA) is 26.0 Å². The third-order valence-electron chi connectivity index (χ3n) is 3.82. The molecule has 3 aromatic carbocycles. The fourth-order valence-electron chi connectivity index (χ4n) is 2.55. The molecule has 0 aliphatic carbocycles. The third kappa shape index (κ3) is 4.19. The maximum atomic E-state index is 6.36. The summed E-state index contributed by atoms with van der Waals surface area (Å²) in [5.41, 5.74) is 11.1. The first-order chi connectivity index (χ1) is 11.6. The highest BCUT2D eigenvalue weighted by atomic mass is 35.5. The molecule has 1 nitrogen and oxygen atoms in total. The lowest BCUT2D eigenvalue weighted by Gasteiger charge is -2.11. The summed E-state index contributed by atoms with van der Waals surface area (Å²) >= 11 is 12.4. The molecule has 0 heterocycles. The van der Waals surface area contributed by atoms with Crippen molar-refractivity contribution >= 4 is 40.5 Å². The molecule has 0 radical (unpaired) electrons. The van der Waals surface area contributed by atoms with Crippen LogP contribution in [0.3, 0.4) is 0 Å². The summed E-state index contributed by atoms with van der Waals surface area (Å²) in [6, 6.07) is 23.8. The van der Waals surface area contributed by atoms with Gasteiger partial charge in [0.2, 0.25) is 0 Å². The minimum absolute atomic E-state index is 0.643. The predicted octanol–water partition coefficient (Wildman–Crippen LogP) is 6.36. The van der Waals surface area contributed by atoms with Crippen molar-refractivity contribution < 1.29 is 0 Å². The number of nitrogens with two attached hydrogens (primary N) is 1. The largest absolute Gasteiger partial charge is 0.399 e. The average Bonchev–Trinajstić information content (AvgIpc) is 2.58. The molecule has 0 saturated carbocycles. The monoisotopic (exact) mass is 353 g/mol. The molecule has 120 valence electrons. The summed E-state index contributed by atoms with van der Waals surface area (Å²) in [5.74, 6) is 0. The summed E-state index contributed by atoms with van der Waals surface area (Å²) in [6.07, 6.45) is 2.89. The van der Waals surface area contributed by atoms with Gasteiger partial charge < -0.3 is 5.73 Å². The fraction of sp³-hybridized carbons (Fsp3) is 0.0476. The van der Waals surface area contributed by atoms with Gasteiger partial charge in [-0.05, 0) is 52.9 Å². The van der Waals surface area contributed by atoms with Crippen molar-refractivity contribution in [1.82, 2.24) is 0 Å². The molecule has 0 spiro atoms. The number of hydrogen-bond donors (Lipinski definition) is 1. The fourth-order valence-corrected chi connectivity index (χ4v) is 3.03. The van der Waals surface area contributed by atoms with Crippen LogP contribution in [0, 0.1) is 0 Å². The predicted molar refractivity (Wildman–Crippen MR) is 105 cm³/mol. The van der Waals surface area contributed by atoms with E-state index in [-0.39, 0.29) is 0 Å². The van der Waals surface area contributed by atoms with E-state index in [4.69, 9.17) is 28.9 Å². The molecule has 0 fully saturated rings. The molecule has 3 heteroatoms. The van der Waals surface area contributed by atoms with Gasteiger partial charge in [-0.25, -0.2) is 0 Å². The molecule has 2 N–H and O–H groups in total. The standard InChI is InChI=1S/C21H17Cl2N/c22-19-9-6-17(21(23)14-19)13-18(12-15-4-2-1-3-5-15)16-7-10-20(24)11-8-16/h1-12,14H,13,24H2/b18-12-. The maximum Gasteiger partial charge on any atom is 0.0456 e. The van der Waals surface area contributed by atoms with Gasteiger partial charge in [-0.3, -0.25) is 0 Å². The van der Waals surface area contributed by atoms with Crippen molar-refractivity contribution in [2.75, 3.05) is 5.73 Å². The van der Waals surface area contributed by atoms with Crippen molar-refractivity contribution in [3.8, 4) is 0 Å². The van der Waals surface area contributed by atoms with Gasteiger partial charge >= 0.3 is 0 Å². The Balaban J connectivity index is 2.01. The molecule has 3 aromatic rings. The Morgan fingerprint density at radius 2 is 1.58 bits per heavy atom. The number of halogens is 2. The van der Waals surface area contributed by atoms with Crippen LogP contribution >= 0.6 is 23.2 Å². The van der Waals surface area contributed by atoms with Gasteiger partial charge in [-0.15, -0.1) is 0 Å². The number of nitrogen functional groups attached to an aromatic ring is 1. The van der Waals surface area contributed by atoms with Crippen LogP contribution in [0.25, 0.3) is 11.6 Å². The summed E-state index contributed by atoms with van der Waals surface area (Å²) in [7, 11) is 0. The number of allylic oxidation sites excluding steroid dienone is 1. The van der Waals surface area contributed by atoms with Gasteiger partial charge in [0.15, 0.2) is 0 Å². The van der Waals surface area contributed by atoms with E-state index >= 15 is 0 Å². The van der Waals surface area contributed by atoms with Gasteiger partial charge in [0.1, 0.15) is 0 Å². The first kappa shape index (κ1) is 16.6. The zero-order chi connectivity index (χ0) is 16.9. The highest BCUT2D eigenvalue weighted by molar-refractivity contribution is 6.35. The van der Waals surface area contributed by atoms with Crippen molar-refractivity contribution in [2.24, 2.45) is 0 Å². The summed E-state index contributed by atoms with van der Waals surface area (Å²) in [5, 5.41) is 1.32. The van der Waals surface area contributed by atoms with E-state index in [1.54, 1.807) is 6.07 Å². The van der Waals surface area contributed by atoms with Crippen LogP contribution in [0.2, 0.25) is 10.0 Å². The molecule has 0 saturated heterocycles. The molecule has 24 heavy (non-hydrogen) atoms. The third-order valence-corrected chi connectivity index (χ3v) is 4.40. The van der Waals surface area contributed by atoms with Gasteiger partial charge in [0, 0.05) is 15.7 Å². The lowest BCUT2D eigenvalue weighted by Crippen LogP contribution is -1.94. The van der Waals surface area contributed by atoms with Crippen LogP contribution in [-0.4, -0.2) is 0 Å². The van der Waals surface area contributed by atoms with Crippen LogP contribution in [0.15, 0.2) is 72.8 Å². The van der Waals surface area contributed by atoms with Crippen LogP contribution in [-0.2, 0) is 6.42 Å². The highest BCUT2D eigenvalue weighted by Crippen LogP contribution is 2.28. The Morgan fingerprint density at radius 1 is 0.875 bits per heavy atom. The van der Waals surface area contributed by atoms with Crippen molar-refractivity contribution in [2.45, 2.75) is 6.42 Å². The second-order valence-corrected chi connectivity index (χ2v) is 6.46. The maximum absolute atomic E-state index is 6.36. The van der Waals surface area contributed by atoms with Crippen LogP contribution in [0.4, 0.5) is 5.69 Å². The molecule has 0 aliphatic heterocycles. The molecule has 0 unspecified atom stereocenters. The Hall–Kier alpha value is -2.22. The highest BCUT2D eigenvalue weighted by Gasteiger charge is 2.08. The van der Waals surface area contributed by atoms with Crippen molar-refractivity contribution in [3.05, 3.63) is 99.5 Å². The lowest BCUT2D eigenvalue weighted by atomic mass is 9.96. The van der Waals surface area contributed by atoms with Crippen LogP contribution in [0.5, 0.6) is 0 Å². The minimum Gasteiger partial charge on any atom is -0.399 e. The SMILES string of the molecule is Nc1ccc(/C(=C\c2ccccc2)Cc2ccc(Cl)cc2Cl)cc1. The summed E-state index contributed by atoms with van der Waals surface area (Å²) < 4.78 is 0. The summed E-state index contributed by atoms with van der Waals surface area (Å²) in [6.45, 7) is 0. The van der Waals surface area contributed by atoms with Crippen molar-refractivity contribution in [1.29, 1.82) is 0 Å². The molecule has 0 amide bonds. The Morgan fingerprint density at radius 3 is 2.25 bits per heavy atom. The molecule has 3 rings (SSSR count). The van der Waals surface area contributed by atoms with E-state index in [1.165, 1.54) is 5.57 Å². The second kappa shape index (κ2) is 7.57. The van der Waals surface area contributed by atoms with Gasteiger partial charge in [-0.1, -0.05) is 77.8 Å². The average molecular weight is 354 g/mol. The zero-order valence-corrected chi connectivity index (χ0v) is 14.6. The molecular formula is C21H17Cl2N. The van der Waals surface area contributed by atoms with E-state index in [0.717, 1.165) is 28.8 Å². The van der Waals surface area contributed by atoms with Crippen molar-refractivity contribution in [3.63, 3.8) is 0 Å². The Labute approximate surface area is 152 Å². The first-order valence-corrected chi connectivity index (χ1v) is 8.43. The Bertz CT molecular complexity index is 853. The normalized spacial score (nSPS) is 11.5. The molecule has 0 aromatic heterocycles. The van der Waals surface area contributed by atoms with E-state index in [9.17, 15) is 0 Å². The molecule has 0 atom stereocenters. The van der Waals surface area contributed by atoms with E-state index in [0.29, 0.717) is 10.0 Å². The molecular weight excluding hydrogens is 337 g/mol. The zero-order valence-electron chi connectivity index (χ0n) is 13.0. The molecule has 0 aliphatic rings. The smallest absolute Gasteiger partial charge is 0.0456 e. The van der Waals surface area contributed by atoms with E-state index < -0.39 is 0 Å². The Kier molecular flexibility index (Phi) is 5.24. The summed E-state index contributed by atoms with van der Waals surface area (Å²) in [4.78, 5) is 0. The van der Waals surface area contributed by atoms with Gasteiger partial charge in [0.05, 0.1) is 0 Å². The second-order valence-electron chi connectivity index (χ2n) is 5.61. The van der Waals surface area contributed by atoms with Gasteiger partial charge in [-0.2, -0.15) is 0 Å². The number of rotatable bonds is 4. The molecule has 0 bridgehead atoms. The van der Waals surface area contributed by atoms with Gasteiger partial charge in [0.25, 0.3) is 0 Å². The van der Waals surface area contributed by atoms with E-state index in [1.807, 2.05) is 54.6 Å². The van der Waals surface area contributed by atoms with Crippen LogP contribution in [0.1, 0.15) is 16.7 Å². The lowest BCUT2D eigenvalue weighted by molar-refractivity contribution is 1.29. The van der Waals surface area contributed by atoms with E-state index in [2.05, 4.69) is 18.2 Å². The van der Waals surface area contributed by atoms with Crippen LogP contribution < -0.4 is 5.73 Å². The number of anilines is 1. The first-order valence-electron chi connectivity index (χ1n) is 7.67. The number of benzene rings is 3. The minimum atomic E-state index is 0.643. The number of hydrogen-bond acceptors (Lipinski definition) is 1.